The van der Waals surface area contributed by atoms with Crippen LogP contribution >= 0.6 is 0 Å². The molecule has 0 radical (unpaired) electrons. The SMILES string of the molecule is Cc1ccc(-n2nc3c(c2-n2cccc2)CN(C(=O)C=Cc2ccco2)C3)cc1C. The molecule has 1 aliphatic rings. The van der Waals surface area contributed by atoms with Crippen LogP contribution in [-0.4, -0.2) is 25.2 Å². The van der Waals surface area contributed by atoms with Gasteiger partial charge in [0.05, 0.1) is 30.7 Å². The average Bonchev–Trinajstić information content (AvgIpc) is 3.51. The molecule has 5 rings (SSSR count). The van der Waals surface area contributed by atoms with E-state index >= 15 is 0 Å². The molecule has 6 nitrogen and oxygen atoms in total. The first-order valence-corrected chi connectivity index (χ1v) is 9.92. The van der Waals surface area contributed by atoms with Gasteiger partial charge in [0.2, 0.25) is 5.91 Å². The van der Waals surface area contributed by atoms with E-state index in [0.717, 1.165) is 22.8 Å². The predicted molar refractivity (Wildman–Crippen MR) is 114 cm³/mol. The number of amides is 1. The van der Waals surface area contributed by atoms with Crippen molar-refractivity contribution in [2.45, 2.75) is 26.9 Å². The fraction of sp³-hybridized carbons (Fsp3) is 0.167. The fourth-order valence-corrected chi connectivity index (χ4v) is 3.78. The van der Waals surface area contributed by atoms with Gasteiger partial charge in [0.1, 0.15) is 11.6 Å². The summed E-state index contributed by atoms with van der Waals surface area (Å²) in [6.07, 6.45) is 8.86. The first-order chi connectivity index (χ1) is 14.6. The molecular formula is C24H22N4O2. The largest absolute Gasteiger partial charge is 0.465 e. The van der Waals surface area contributed by atoms with Gasteiger partial charge in [-0.3, -0.25) is 4.79 Å². The van der Waals surface area contributed by atoms with E-state index in [-0.39, 0.29) is 5.91 Å². The van der Waals surface area contributed by atoms with Gasteiger partial charge in [-0.05, 0) is 67.4 Å². The Bertz CT molecular complexity index is 1230. The number of nitrogens with zero attached hydrogens (tertiary/aromatic N) is 4. The van der Waals surface area contributed by atoms with E-state index in [1.807, 2.05) is 35.3 Å². The fourth-order valence-electron chi connectivity index (χ4n) is 3.78. The quantitative estimate of drug-likeness (QED) is 0.478. The van der Waals surface area contributed by atoms with E-state index in [0.29, 0.717) is 18.8 Å². The molecule has 0 N–H and O–H groups in total. The molecule has 0 atom stereocenters. The molecule has 30 heavy (non-hydrogen) atoms. The number of aryl methyl sites for hydroxylation is 2. The van der Waals surface area contributed by atoms with Gasteiger partial charge in [0.25, 0.3) is 0 Å². The number of fused-ring (bicyclic) bond motifs is 1. The van der Waals surface area contributed by atoms with Gasteiger partial charge in [0, 0.05) is 24.0 Å². The molecule has 0 unspecified atom stereocenters. The molecule has 3 aromatic heterocycles. The first kappa shape index (κ1) is 18.2. The lowest BCUT2D eigenvalue weighted by Gasteiger charge is -2.16. The van der Waals surface area contributed by atoms with Crippen LogP contribution in [0.25, 0.3) is 17.6 Å². The Kier molecular flexibility index (Phi) is 4.39. The summed E-state index contributed by atoms with van der Waals surface area (Å²) in [5.41, 5.74) is 5.50. The highest BCUT2D eigenvalue weighted by atomic mass is 16.3. The van der Waals surface area contributed by atoms with Crippen LogP contribution < -0.4 is 0 Å². The van der Waals surface area contributed by atoms with Gasteiger partial charge in [-0.2, -0.15) is 5.10 Å². The molecule has 1 aromatic carbocycles. The van der Waals surface area contributed by atoms with Crippen molar-refractivity contribution in [3.8, 4) is 11.5 Å². The van der Waals surface area contributed by atoms with Crippen LogP contribution in [0.5, 0.6) is 0 Å². The molecule has 1 aliphatic heterocycles. The van der Waals surface area contributed by atoms with E-state index in [4.69, 9.17) is 9.52 Å². The smallest absolute Gasteiger partial charge is 0.247 e. The van der Waals surface area contributed by atoms with E-state index in [1.165, 1.54) is 11.1 Å². The van der Waals surface area contributed by atoms with Crippen LogP contribution in [0.15, 0.2) is 71.6 Å². The van der Waals surface area contributed by atoms with Crippen molar-refractivity contribution in [1.82, 2.24) is 19.2 Å². The van der Waals surface area contributed by atoms with Gasteiger partial charge in [-0.1, -0.05) is 6.07 Å². The number of furan rings is 1. The highest BCUT2D eigenvalue weighted by Crippen LogP contribution is 2.31. The summed E-state index contributed by atoms with van der Waals surface area (Å²) in [5.74, 6) is 1.58. The third-order valence-corrected chi connectivity index (χ3v) is 5.56. The van der Waals surface area contributed by atoms with Crippen LogP contribution in [0, 0.1) is 13.8 Å². The maximum absolute atomic E-state index is 12.7. The van der Waals surface area contributed by atoms with Crippen molar-refractivity contribution in [3.05, 3.63) is 95.3 Å². The van der Waals surface area contributed by atoms with Crippen molar-refractivity contribution >= 4 is 12.0 Å². The molecule has 4 heterocycles. The normalized spacial score (nSPS) is 13.3. The predicted octanol–water partition coefficient (Wildman–Crippen LogP) is 4.43. The van der Waals surface area contributed by atoms with Gasteiger partial charge in [-0.25, -0.2) is 4.68 Å². The average molecular weight is 398 g/mol. The summed E-state index contributed by atoms with van der Waals surface area (Å²) in [5, 5.41) is 4.89. The Morgan fingerprint density at radius 3 is 2.63 bits per heavy atom. The Morgan fingerprint density at radius 2 is 1.90 bits per heavy atom. The van der Waals surface area contributed by atoms with Crippen LogP contribution in [-0.2, 0) is 17.9 Å². The number of carbonyl (C=O) groups excluding carboxylic acids is 1. The molecule has 0 saturated heterocycles. The van der Waals surface area contributed by atoms with Crippen LogP contribution in [0.3, 0.4) is 0 Å². The molecule has 6 heteroatoms. The Balaban J connectivity index is 1.49. The highest BCUT2D eigenvalue weighted by molar-refractivity contribution is 5.91. The van der Waals surface area contributed by atoms with Crippen molar-refractivity contribution in [2.75, 3.05) is 0 Å². The zero-order chi connectivity index (χ0) is 20.7. The van der Waals surface area contributed by atoms with E-state index in [1.54, 1.807) is 29.4 Å². The molecule has 0 bridgehead atoms. The molecule has 1 amide bonds. The minimum atomic E-state index is -0.0550. The second kappa shape index (κ2) is 7.22. The Hall–Kier alpha value is -3.80. The van der Waals surface area contributed by atoms with Crippen molar-refractivity contribution in [2.24, 2.45) is 0 Å². The van der Waals surface area contributed by atoms with Gasteiger partial charge < -0.3 is 13.9 Å². The summed E-state index contributed by atoms with van der Waals surface area (Å²) < 4.78 is 9.31. The number of benzene rings is 1. The third kappa shape index (κ3) is 3.16. The van der Waals surface area contributed by atoms with Crippen LogP contribution in [0.2, 0.25) is 0 Å². The summed E-state index contributed by atoms with van der Waals surface area (Å²) in [6.45, 7) is 5.23. The first-order valence-electron chi connectivity index (χ1n) is 9.92. The number of rotatable bonds is 4. The number of hydrogen-bond acceptors (Lipinski definition) is 3. The molecule has 0 fully saturated rings. The minimum Gasteiger partial charge on any atom is -0.465 e. The lowest BCUT2D eigenvalue weighted by Crippen LogP contribution is -2.24. The molecule has 0 aliphatic carbocycles. The zero-order valence-electron chi connectivity index (χ0n) is 16.9. The minimum absolute atomic E-state index is 0.0550. The van der Waals surface area contributed by atoms with Gasteiger partial charge >= 0.3 is 0 Å². The lowest BCUT2D eigenvalue weighted by molar-refractivity contribution is -0.126. The maximum atomic E-state index is 12.7. The number of hydrogen-bond donors (Lipinski definition) is 0. The Morgan fingerprint density at radius 1 is 1.07 bits per heavy atom. The van der Waals surface area contributed by atoms with E-state index in [9.17, 15) is 4.79 Å². The van der Waals surface area contributed by atoms with Crippen molar-refractivity contribution in [1.29, 1.82) is 0 Å². The number of carbonyl (C=O) groups is 1. The molecule has 150 valence electrons. The second-order valence-corrected chi connectivity index (χ2v) is 7.56. The topological polar surface area (TPSA) is 56.2 Å². The van der Waals surface area contributed by atoms with Crippen LogP contribution in [0.1, 0.15) is 28.1 Å². The zero-order valence-corrected chi connectivity index (χ0v) is 16.9. The molecule has 0 saturated carbocycles. The standard InChI is InChI=1S/C24H22N4O2/c1-17-7-8-19(14-18(17)2)28-24(26-11-3-4-12-26)21-15-27(16-22(21)25-28)23(29)10-9-20-6-5-13-30-20/h3-14H,15-16H2,1-2H3. The highest BCUT2D eigenvalue weighted by Gasteiger charge is 2.30. The monoisotopic (exact) mass is 398 g/mol. The third-order valence-electron chi connectivity index (χ3n) is 5.56. The summed E-state index contributed by atoms with van der Waals surface area (Å²) in [4.78, 5) is 14.5. The summed E-state index contributed by atoms with van der Waals surface area (Å²) in [7, 11) is 0. The summed E-state index contributed by atoms with van der Waals surface area (Å²) in [6, 6.07) is 14.0. The van der Waals surface area contributed by atoms with E-state index in [2.05, 4.69) is 36.6 Å². The van der Waals surface area contributed by atoms with Gasteiger partial charge in [0.15, 0.2) is 0 Å². The van der Waals surface area contributed by atoms with Crippen molar-refractivity contribution in [3.63, 3.8) is 0 Å². The van der Waals surface area contributed by atoms with Crippen LogP contribution in [0.4, 0.5) is 0 Å². The molecule has 4 aromatic rings. The summed E-state index contributed by atoms with van der Waals surface area (Å²) >= 11 is 0. The second-order valence-electron chi connectivity index (χ2n) is 7.56. The molecular weight excluding hydrogens is 376 g/mol. The van der Waals surface area contributed by atoms with Gasteiger partial charge in [-0.15, -0.1) is 0 Å². The van der Waals surface area contributed by atoms with Crippen molar-refractivity contribution < 1.29 is 9.21 Å². The molecule has 0 spiro atoms. The Labute approximate surface area is 174 Å². The lowest BCUT2D eigenvalue weighted by atomic mass is 10.1. The van der Waals surface area contributed by atoms with E-state index < -0.39 is 0 Å². The maximum Gasteiger partial charge on any atom is 0.247 e. The number of aromatic nitrogens is 3.